The molecule has 0 saturated carbocycles. The van der Waals surface area contributed by atoms with Gasteiger partial charge in [0.2, 0.25) is 10.7 Å². The molecule has 0 atom stereocenters. The number of benzene rings is 2. The summed E-state index contributed by atoms with van der Waals surface area (Å²) in [5.41, 5.74) is 5.66. The fraction of sp³-hybridized carbons (Fsp3) is 0.0588. The summed E-state index contributed by atoms with van der Waals surface area (Å²) in [6.45, 7) is 1.45. The van der Waals surface area contributed by atoms with Crippen LogP contribution in [0.3, 0.4) is 0 Å². The third kappa shape index (κ3) is 3.97. The van der Waals surface area contributed by atoms with Gasteiger partial charge in [-0.05, 0) is 17.7 Å². The Morgan fingerprint density at radius 3 is 2.26 bits per heavy atom. The Balaban J connectivity index is 0.00000192. The Morgan fingerprint density at radius 1 is 1.04 bits per heavy atom. The van der Waals surface area contributed by atoms with Crippen molar-refractivity contribution in [1.29, 1.82) is 0 Å². The Kier molecular flexibility index (Phi) is 5.90. The fourth-order valence-corrected chi connectivity index (χ4v) is 3.02. The number of aromatic nitrogens is 1. The van der Waals surface area contributed by atoms with Crippen LogP contribution in [0, 0.1) is 0 Å². The van der Waals surface area contributed by atoms with E-state index in [0.717, 1.165) is 21.7 Å². The fourth-order valence-electron chi connectivity index (χ4n) is 2.15. The second kappa shape index (κ2) is 7.89. The minimum atomic E-state index is -0.186. The van der Waals surface area contributed by atoms with Gasteiger partial charge in [0, 0.05) is 18.0 Å². The van der Waals surface area contributed by atoms with Gasteiger partial charge < -0.3 is 17.0 Å². The molecule has 0 spiro atoms. The second-order valence-corrected chi connectivity index (χ2v) is 5.56. The molecule has 0 aliphatic heterocycles. The molecule has 0 fully saturated rings. The smallest absolute Gasteiger partial charge is 0.237 e. The first-order valence-corrected chi connectivity index (χ1v) is 7.75. The lowest BCUT2D eigenvalue weighted by molar-refractivity contribution is -0.119. The molecule has 0 aliphatic rings. The van der Waals surface area contributed by atoms with Crippen LogP contribution in [-0.4, -0.2) is 10.5 Å². The van der Waals surface area contributed by atoms with Gasteiger partial charge in [-0.15, -0.1) is 16.4 Å². The molecule has 3 rings (SSSR count). The molecular weight excluding hydrogens is 374 g/mol. The van der Waals surface area contributed by atoms with Crippen LogP contribution in [0.4, 0.5) is 0 Å². The zero-order valence-electron chi connectivity index (χ0n) is 12.4. The van der Waals surface area contributed by atoms with Crippen molar-refractivity contribution < 1.29 is 21.8 Å². The number of nitrogens with zero attached hydrogens (tertiary/aromatic N) is 2. The standard InChI is InChI=1S/C17H15N3OS.BrH/c1-13(21)18-19-17-20(15-10-6-3-7-11-15)16(12-22-17)14-8-4-2-5-9-14;/h2-12H,1H3,(H,18,21);1H/p-1/b19-17+;. The van der Waals surface area contributed by atoms with Crippen molar-refractivity contribution in [3.63, 3.8) is 0 Å². The van der Waals surface area contributed by atoms with E-state index in [-0.39, 0.29) is 22.9 Å². The minimum Gasteiger partial charge on any atom is -1.00 e. The monoisotopic (exact) mass is 388 g/mol. The van der Waals surface area contributed by atoms with E-state index >= 15 is 0 Å². The van der Waals surface area contributed by atoms with E-state index in [1.807, 2.05) is 58.5 Å². The predicted octanol–water partition coefficient (Wildman–Crippen LogP) is 0.162. The van der Waals surface area contributed by atoms with Gasteiger partial charge in [0.15, 0.2) is 0 Å². The number of halogens is 1. The molecule has 4 nitrogen and oxygen atoms in total. The molecular formula is C17H15BrN3OS-. The lowest BCUT2D eigenvalue weighted by atomic mass is 10.1. The van der Waals surface area contributed by atoms with Crippen molar-refractivity contribution in [2.24, 2.45) is 5.10 Å². The van der Waals surface area contributed by atoms with Crippen molar-refractivity contribution in [2.45, 2.75) is 6.92 Å². The maximum atomic E-state index is 11.1. The number of rotatable bonds is 3. The summed E-state index contributed by atoms with van der Waals surface area (Å²) in [4.78, 5) is 11.9. The van der Waals surface area contributed by atoms with Gasteiger partial charge in [0.1, 0.15) is 0 Å². The number of thiazole rings is 1. The summed E-state index contributed by atoms with van der Waals surface area (Å²) in [6.07, 6.45) is 0. The third-order valence-corrected chi connectivity index (χ3v) is 3.93. The highest BCUT2D eigenvalue weighted by Crippen LogP contribution is 2.22. The van der Waals surface area contributed by atoms with E-state index in [9.17, 15) is 4.79 Å². The molecule has 0 saturated heterocycles. The van der Waals surface area contributed by atoms with E-state index < -0.39 is 0 Å². The Hall–Kier alpha value is -2.18. The largest absolute Gasteiger partial charge is 1.00 e. The molecule has 0 aliphatic carbocycles. The first-order valence-electron chi connectivity index (χ1n) is 6.87. The molecule has 0 bridgehead atoms. The average molecular weight is 389 g/mol. The van der Waals surface area contributed by atoms with Gasteiger partial charge in [0.25, 0.3) is 0 Å². The zero-order chi connectivity index (χ0) is 15.4. The molecule has 2 aromatic carbocycles. The summed E-state index contributed by atoms with van der Waals surface area (Å²) in [5.74, 6) is -0.186. The average Bonchev–Trinajstić information content (AvgIpc) is 2.98. The van der Waals surface area contributed by atoms with Crippen LogP contribution in [0.5, 0.6) is 0 Å². The molecule has 118 valence electrons. The van der Waals surface area contributed by atoms with E-state index in [1.54, 1.807) is 0 Å². The van der Waals surface area contributed by atoms with Crippen molar-refractivity contribution in [1.82, 2.24) is 9.99 Å². The van der Waals surface area contributed by atoms with Crippen LogP contribution >= 0.6 is 11.3 Å². The third-order valence-electron chi connectivity index (χ3n) is 3.10. The SMILES string of the molecule is CC(=O)N/N=c1/scc(-c2ccccc2)n1-c1ccccc1.[Br-]. The van der Waals surface area contributed by atoms with Crippen molar-refractivity contribution in [2.75, 3.05) is 0 Å². The van der Waals surface area contributed by atoms with Crippen molar-refractivity contribution >= 4 is 17.2 Å². The Labute approximate surface area is 148 Å². The Bertz CT molecular complexity index is 841. The predicted molar refractivity (Wildman–Crippen MR) is 88.5 cm³/mol. The van der Waals surface area contributed by atoms with Crippen molar-refractivity contribution in [3.05, 3.63) is 70.8 Å². The quantitative estimate of drug-likeness (QED) is 0.638. The van der Waals surface area contributed by atoms with Gasteiger partial charge >= 0.3 is 0 Å². The van der Waals surface area contributed by atoms with E-state index in [4.69, 9.17) is 0 Å². The summed E-state index contributed by atoms with van der Waals surface area (Å²) < 4.78 is 2.04. The minimum absolute atomic E-state index is 0. The lowest BCUT2D eigenvalue weighted by Gasteiger charge is -2.09. The molecule has 0 radical (unpaired) electrons. The number of hydrogen-bond acceptors (Lipinski definition) is 3. The maximum absolute atomic E-state index is 11.1. The van der Waals surface area contributed by atoms with Gasteiger partial charge in [0.05, 0.1) is 5.69 Å². The number of nitrogens with one attached hydrogen (secondary N) is 1. The summed E-state index contributed by atoms with van der Waals surface area (Å²) >= 11 is 1.49. The van der Waals surface area contributed by atoms with Crippen LogP contribution in [0.2, 0.25) is 0 Å². The van der Waals surface area contributed by atoms with Crippen LogP contribution < -0.4 is 27.2 Å². The molecule has 6 heteroatoms. The maximum Gasteiger partial charge on any atom is 0.237 e. The van der Waals surface area contributed by atoms with Crippen molar-refractivity contribution in [3.8, 4) is 16.9 Å². The van der Waals surface area contributed by atoms with E-state index in [2.05, 4.69) is 22.7 Å². The molecule has 1 N–H and O–H groups in total. The van der Waals surface area contributed by atoms with Crippen LogP contribution in [0.15, 0.2) is 71.1 Å². The summed E-state index contributed by atoms with van der Waals surface area (Å²) in [5, 5.41) is 6.25. The first kappa shape index (κ1) is 17.2. The number of hydrogen-bond donors (Lipinski definition) is 1. The second-order valence-electron chi connectivity index (χ2n) is 4.72. The van der Waals surface area contributed by atoms with Crippen LogP contribution in [-0.2, 0) is 4.79 Å². The zero-order valence-corrected chi connectivity index (χ0v) is 14.8. The highest BCUT2D eigenvalue weighted by atomic mass is 79.9. The topological polar surface area (TPSA) is 46.4 Å². The number of carbonyl (C=O) groups is 1. The Morgan fingerprint density at radius 2 is 1.65 bits per heavy atom. The molecule has 23 heavy (non-hydrogen) atoms. The highest BCUT2D eigenvalue weighted by Gasteiger charge is 2.09. The van der Waals surface area contributed by atoms with E-state index in [0.29, 0.717) is 0 Å². The highest BCUT2D eigenvalue weighted by molar-refractivity contribution is 7.07. The van der Waals surface area contributed by atoms with Gasteiger partial charge in [-0.25, -0.2) is 5.43 Å². The van der Waals surface area contributed by atoms with Gasteiger partial charge in [-0.2, -0.15) is 0 Å². The van der Waals surface area contributed by atoms with E-state index in [1.165, 1.54) is 18.3 Å². The molecule has 1 aromatic heterocycles. The molecule has 1 heterocycles. The summed E-state index contributed by atoms with van der Waals surface area (Å²) in [6, 6.07) is 20.1. The number of carbonyl (C=O) groups excluding carboxylic acids is 1. The summed E-state index contributed by atoms with van der Waals surface area (Å²) in [7, 11) is 0. The molecule has 0 unspecified atom stereocenters. The normalized spacial score (nSPS) is 10.9. The van der Waals surface area contributed by atoms with Gasteiger partial charge in [-0.3, -0.25) is 9.36 Å². The first-order chi connectivity index (χ1) is 10.8. The number of amides is 1. The van der Waals surface area contributed by atoms with Gasteiger partial charge in [-0.1, -0.05) is 48.5 Å². The van der Waals surface area contributed by atoms with Crippen LogP contribution in [0.1, 0.15) is 6.92 Å². The van der Waals surface area contributed by atoms with Crippen LogP contribution in [0.25, 0.3) is 16.9 Å². The molecule has 1 amide bonds. The lowest BCUT2D eigenvalue weighted by Crippen LogP contribution is -3.00. The number of para-hydroxylation sites is 1. The molecule has 3 aromatic rings.